The van der Waals surface area contributed by atoms with E-state index in [1.165, 1.54) is 6.20 Å². The molecule has 1 aromatic carbocycles. The van der Waals surface area contributed by atoms with Crippen LogP contribution in [0.4, 0.5) is 0 Å². The van der Waals surface area contributed by atoms with Crippen LogP contribution in [0.3, 0.4) is 0 Å². The van der Waals surface area contributed by atoms with Crippen LogP contribution in [-0.4, -0.2) is 16.1 Å². The molecule has 0 radical (unpaired) electrons. The van der Waals surface area contributed by atoms with Crippen LogP contribution in [0.15, 0.2) is 30.5 Å². The average molecular weight is 252 g/mol. The second-order valence-electron chi connectivity index (χ2n) is 4.32. The summed E-state index contributed by atoms with van der Waals surface area (Å²) in [6, 6.07) is 9.03. The van der Waals surface area contributed by atoms with E-state index >= 15 is 0 Å². The van der Waals surface area contributed by atoms with E-state index in [4.69, 9.17) is 5.26 Å². The monoisotopic (exact) mass is 252 g/mol. The van der Waals surface area contributed by atoms with E-state index in [0.29, 0.717) is 11.1 Å². The molecule has 94 valence electrons. The number of rotatable bonds is 2. The molecule has 4 heteroatoms. The highest BCUT2D eigenvalue weighted by atomic mass is 16.4. The van der Waals surface area contributed by atoms with Gasteiger partial charge in [-0.1, -0.05) is 6.07 Å². The molecule has 0 aliphatic heterocycles. The summed E-state index contributed by atoms with van der Waals surface area (Å²) in [6.07, 6.45) is 1.35. The van der Waals surface area contributed by atoms with Crippen LogP contribution < -0.4 is 0 Å². The molecular weight excluding hydrogens is 240 g/mol. The first kappa shape index (κ1) is 12.8. The molecule has 0 spiro atoms. The zero-order chi connectivity index (χ0) is 14.0. The van der Waals surface area contributed by atoms with Crippen molar-refractivity contribution in [3.63, 3.8) is 0 Å². The molecule has 0 aliphatic rings. The van der Waals surface area contributed by atoms with Gasteiger partial charge in [0.2, 0.25) is 0 Å². The zero-order valence-corrected chi connectivity index (χ0v) is 10.6. The number of aromatic nitrogens is 1. The van der Waals surface area contributed by atoms with Crippen molar-refractivity contribution >= 4 is 5.97 Å². The van der Waals surface area contributed by atoms with Crippen molar-refractivity contribution in [2.45, 2.75) is 13.8 Å². The Morgan fingerprint density at radius 1 is 1.26 bits per heavy atom. The predicted octanol–water partition coefficient (Wildman–Crippen LogP) is 2.94. The smallest absolute Gasteiger partial charge is 0.337 e. The average Bonchev–Trinajstić information content (AvgIpc) is 2.38. The molecule has 19 heavy (non-hydrogen) atoms. The van der Waals surface area contributed by atoms with Gasteiger partial charge in [-0.15, -0.1) is 0 Å². The van der Waals surface area contributed by atoms with Gasteiger partial charge in [0.25, 0.3) is 0 Å². The zero-order valence-electron chi connectivity index (χ0n) is 10.6. The lowest BCUT2D eigenvalue weighted by atomic mass is 9.95. The Morgan fingerprint density at radius 3 is 2.63 bits per heavy atom. The number of pyridine rings is 1. The lowest BCUT2D eigenvalue weighted by Gasteiger charge is -2.10. The van der Waals surface area contributed by atoms with E-state index in [1.54, 1.807) is 25.1 Å². The topological polar surface area (TPSA) is 74.0 Å². The molecule has 0 atom stereocenters. The van der Waals surface area contributed by atoms with Gasteiger partial charge in [-0.05, 0) is 48.7 Å². The van der Waals surface area contributed by atoms with Crippen molar-refractivity contribution in [2.24, 2.45) is 0 Å². The molecule has 0 fully saturated rings. The fourth-order valence-electron chi connectivity index (χ4n) is 1.93. The third-order valence-electron chi connectivity index (χ3n) is 2.93. The SMILES string of the molecule is Cc1cc(-c2cc(C#N)ccc2C)c(C(=O)O)cn1. The molecule has 2 aromatic rings. The summed E-state index contributed by atoms with van der Waals surface area (Å²) in [5, 5.41) is 18.2. The van der Waals surface area contributed by atoms with Gasteiger partial charge in [-0.25, -0.2) is 4.79 Å². The number of hydrogen-bond donors (Lipinski definition) is 1. The molecule has 1 N–H and O–H groups in total. The first-order valence-corrected chi connectivity index (χ1v) is 5.74. The molecule has 0 aliphatic carbocycles. The van der Waals surface area contributed by atoms with E-state index in [1.807, 2.05) is 13.0 Å². The summed E-state index contributed by atoms with van der Waals surface area (Å²) in [5.74, 6) is -1.02. The fourth-order valence-corrected chi connectivity index (χ4v) is 1.93. The lowest BCUT2D eigenvalue weighted by Crippen LogP contribution is -2.02. The van der Waals surface area contributed by atoms with Gasteiger partial charge in [0, 0.05) is 11.9 Å². The first-order valence-electron chi connectivity index (χ1n) is 5.74. The van der Waals surface area contributed by atoms with Gasteiger partial charge < -0.3 is 5.11 Å². The maximum Gasteiger partial charge on any atom is 0.337 e. The summed E-state index contributed by atoms with van der Waals surface area (Å²) in [5.41, 5.74) is 3.65. The molecule has 1 heterocycles. The van der Waals surface area contributed by atoms with Crippen molar-refractivity contribution in [3.05, 3.63) is 52.8 Å². The molecule has 0 saturated carbocycles. The largest absolute Gasteiger partial charge is 0.478 e. The van der Waals surface area contributed by atoms with Crippen molar-refractivity contribution in [2.75, 3.05) is 0 Å². The van der Waals surface area contributed by atoms with E-state index in [-0.39, 0.29) is 5.56 Å². The van der Waals surface area contributed by atoms with Crippen LogP contribution in [0.5, 0.6) is 0 Å². The highest BCUT2D eigenvalue weighted by Crippen LogP contribution is 2.28. The number of carbonyl (C=O) groups is 1. The maximum absolute atomic E-state index is 11.3. The van der Waals surface area contributed by atoms with Gasteiger partial charge >= 0.3 is 5.97 Å². The Labute approximate surface area is 111 Å². The standard InChI is InChI=1S/C15H12N2O2/c1-9-3-4-11(7-16)6-12(9)13-5-10(2)17-8-14(13)15(18)19/h3-6,8H,1-2H3,(H,18,19). The molecular formula is C15H12N2O2. The van der Waals surface area contributed by atoms with Crippen LogP contribution in [0.2, 0.25) is 0 Å². The van der Waals surface area contributed by atoms with Crippen molar-refractivity contribution in [3.8, 4) is 17.2 Å². The van der Waals surface area contributed by atoms with Crippen LogP contribution in [-0.2, 0) is 0 Å². The summed E-state index contributed by atoms with van der Waals surface area (Å²) in [7, 11) is 0. The number of carboxylic acid groups (broad SMARTS) is 1. The van der Waals surface area contributed by atoms with Crippen LogP contribution >= 0.6 is 0 Å². The summed E-state index contributed by atoms with van der Waals surface area (Å²) < 4.78 is 0. The van der Waals surface area contributed by atoms with Crippen LogP contribution in [0, 0.1) is 25.2 Å². The second kappa shape index (κ2) is 4.91. The molecule has 1 aromatic heterocycles. The van der Waals surface area contributed by atoms with Gasteiger partial charge in [-0.3, -0.25) is 4.98 Å². The van der Waals surface area contributed by atoms with Gasteiger partial charge in [0.05, 0.1) is 17.2 Å². The fraction of sp³-hybridized carbons (Fsp3) is 0.133. The number of nitriles is 1. The van der Waals surface area contributed by atoms with Crippen molar-refractivity contribution in [1.29, 1.82) is 5.26 Å². The minimum atomic E-state index is -1.02. The maximum atomic E-state index is 11.3. The first-order chi connectivity index (χ1) is 9.02. The van der Waals surface area contributed by atoms with Gasteiger partial charge in [-0.2, -0.15) is 5.26 Å². The Kier molecular flexibility index (Phi) is 3.30. The number of hydrogen-bond acceptors (Lipinski definition) is 3. The third-order valence-corrected chi connectivity index (χ3v) is 2.93. The minimum absolute atomic E-state index is 0.142. The Balaban J connectivity index is 2.74. The van der Waals surface area contributed by atoms with Crippen LogP contribution in [0.1, 0.15) is 27.2 Å². The summed E-state index contributed by atoms with van der Waals surface area (Å²) >= 11 is 0. The Bertz CT molecular complexity index is 700. The molecule has 0 saturated heterocycles. The molecule has 4 nitrogen and oxygen atoms in total. The van der Waals surface area contributed by atoms with E-state index < -0.39 is 5.97 Å². The number of aromatic carboxylic acids is 1. The van der Waals surface area contributed by atoms with E-state index in [0.717, 1.165) is 16.8 Å². The van der Waals surface area contributed by atoms with Crippen molar-refractivity contribution in [1.82, 2.24) is 4.98 Å². The number of aryl methyl sites for hydroxylation is 2. The molecule has 0 unspecified atom stereocenters. The normalized spacial score (nSPS) is 9.95. The molecule has 0 bridgehead atoms. The quantitative estimate of drug-likeness (QED) is 0.891. The summed E-state index contributed by atoms with van der Waals surface area (Å²) in [6.45, 7) is 3.69. The lowest BCUT2D eigenvalue weighted by molar-refractivity contribution is 0.0697. The summed E-state index contributed by atoms with van der Waals surface area (Å²) in [4.78, 5) is 15.3. The van der Waals surface area contributed by atoms with Crippen LogP contribution in [0.25, 0.3) is 11.1 Å². The highest BCUT2D eigenvalue weighted by molar-refractivity contribution is 5.96. The Morgan fingerprint density at radius 2 is 2.00 bits per heavy atom. The van der Waals surface area contributed by atoms with E-state index in [2.05, 4.69) is 11.1 Å². The minimum Gasteiger partial charge on any atom is -0.478 e. The third kappa shape index (κ3) is 2.45. The molecule has 0 amide bonds. The predicted molar refractivity (Wildman–Crippen MR) is 70.8 cm³/mol. The Hall–Kier alpha value is -2.67. The van der Waals surface area contributed by atoms with Crippen molar-refractivity contribution < 1.29 is 9.90 Å². The number of carboxylic acids is 1. The van der Waals surface area contributed by atoms with Gasteiger partial charge in [0.15, 0.2) is 0 Å². The van der Waals surface area contributed by atoms with E-state index in [9.17, 15) is 9.90 Å². The second-order valence-corrected chi connectivity index (χ2v) is 4.32. The molecule has 2 rings (SSSR count). The van der Waals surface area contributed by atoms with Gasteiger partial charge in [0.1, 0.15) is 0 Å². The number of nitrogens with zero attached hydrogens (tertiary/aromatic N) is 2. The number of benzene rings is 1. The highest BCUT2D eigenvalue weighted by Gasteiger charge is 2.14.